The fourth-order valence-electron chi connectivity index (χ4n) is 5.92. The molecule has 2 aromatic carbocycles. The lowest BCUT2D eigenvalue weighted by atomic mass is 9.85. The topological polar surface area (TPSA) is 101 Å². The van der Waals surface area contributed by atoms with E-state index in [1.54, 1.807) is 0 Å². The molecule has 3 N–H and O–H groups in total. The van der Waals surface area contributed by atoms with Gasteiger partial charge in [0.25, 0.3) is 11.8 Å². The Bertz CT molecular complexity index is 1540. The molecule has 38 heavy (non-hydrogen) atoms. The number of H-pyrrole nitrogens is 2. The average Bonchev–Trinajstić information content (AvgIpc) is 3.66. The van der Waals surface area contributed by atoms with Gasteiger partial charge in [-0.3, -0.25) is 14.4 Å². The monoisotopic (exact) mass is 511 g/mol. The van der Waals surface area contributed by atoms with Crippen molar-refractivity contribution in [3.63, 3.8) is 0 Å². The van der Waals surface area contributed by atoms with Crippen molar-refractivity contribution in [1.29, 1.82) is 0 Å². The Balaban J connectivity index is 1.16. The molecule has 0 saturated carbocycles. The van der Waals surface area contributed by atoms with Crippen LogP contribution >= 0.6 is 0 Å². The number of nitrogens with one attached hydrogen (secondary N) is 3. The van der Waals surface area contributed by atoms with Crippen molar-refractivity contribution in [2.75, 3.05) is 13.1 Å². The van der Waals surface area contributed by atoms with E-state index in [1.165, 1.54) is 0 Å². The maximum Gasteiger partial charge on any atom is 0.270 e. The lowest BCUT2D eigenvalue weighted by Crippen LogP contribution is -2.59. The summed E-state index contributed by atoms with van der Waals surface area (Å²) in [6.07, 6.45) is 0.754. The van der Waals surface area contributed by atoms with E-state index in [-0.39, 0.29) is 29.8 Å². The molecule has 2 bridgehead atoms. The molecule has 8 heteroatoms. The Morgan fingerprint density at radius 3 is 2.24 bits per heavy atom. The van der Waals surface area contributed by atoms with Gasteiger partial charge < -0.3 is 25.1 Å². The van der Waals surface area contributed by atoms with Crippen LogP contribution in [0.4, 0.5) is 0 Å². The highest BCUT2D eigenvalue weighted by atomic mass is 16.2. The van der Waals surface area contributed by atoms with Gasteiger partial charge in [0.1, 0.15) is 17.4 Å². The minimum absolute atomic E-state index is 0.0297. The zero-order valence-electron chi connectivity index (χ0n) is 22.2. The molecular weight excluding hydrogens is 478 g/mol. The van der Waals surface area contributed by atoms with Crippen LogP contribution in [-0.4, -0.2) is 68.7 Å². The molecule has 3 amide bonds. The van der Waals surface area contributed by atoms with Crippen LogP contribution in [0.5, 0.6) is 0 Å². The summed E-state index contributed by atoms with van der Waals surface area (Å²) in [4.78, 5) is 50.5. The van der Waals surface area contributed by atoms with Gasteiger partial charge in [-0.15, -0.1) is 0 Å². The number of fused-ring (bicyclic) bond motifs is 4. The minimum Gasteiger partial charge on any atom is -0.351 e. The quantitative estimate of drug-likeness (QED) is 0.382. The Labute approximate surface area is 221 Å². The van der Waals surface area contributed by atoms with E-state index in [1.807, 2.05) is 92.1 Å². The number of hydrogen-bond acceptors (Lipinski definition) is 3. The van der Waals surface area contributed by atoms with Gasteiger partial charge in [-0.1, -0.05) is 51.1 Å². The molecule has 6 rings (SSSR count). The third kappa shape index (κ3) is 4.14. The van der Waals surface area contributed by atoms with Crippen LogP contribution in [0.1, 0.15) is 53.7 Å². The average molecular weight is 512 g/mol. The summed E-state index contributed by atoms with van der Waals surface area (Å²) in [6, 6.07) is 16.7. The second-order valence-corrected chi connectivity index (χ2v) is 11.8. The van der Waals surface area contributed by atoms with E-state index in [2.05, 4.69) is 15.3 Å². The Hall–Kier alpha value is -4.07. The number of likely N-dealkylation sites (tertiary alicyclic amines) is 2. The van der Waals surface area contributed by atoms with Gasteiger partial charge in [-0.05, 0) is 48.6 Å². The van der Waals surface area contributed by atoms with Crippen molar-refractivity contribution in [2.24, 2.45) is 5.41 Å². The predicted octanol–water partition coefficient (Wildman–Crippen LogP) is 4.23. The summed E-state index contributed by atoms with van der Waals surface area (Å²) in [7, 11) is 0. The molecule has 0 spiro atoms. The van der Waals surface area contributed by atoms with Gasteiger partial charge in [-0.25, -0.2) is 0 Å². The first-order valence-electron chi connectivity index (χ1n) is 13.2. The Morgan fingerprint density at radius 2 is 1.53 bits per heavy atom. The molecule has 2 saturated heterocycles. The zero-order valence-corrected chi connectivity index (χ0v) is 22.2. The Morgan fingerprint density at radius 1 is 0.868 bits per heavy atom. The van der Waals surface area contributed by atoms with Crippen molar-refractivity contribution < 1.29 is 14.4 Å². The van der Waals surface area contributed by atoms with Crippen molar-refractivity contribution in [1.82, 2.24) is 25.1 Å². The molecule has 0 unspecified atom stereocenters. The van der Waals surface area contributed by atoms with Gasteiger partial charge in [0, 0.05) is 34.9 Å². The van der Waals surface area contributed by atoms with Gasteiger partial charge in [0.2, 0.25) is 5.91 Å². The van der Waals surface area contributed by atoms with Crippen LogP contribution in [0, 0.1) is 12.3 Å². The largest absolute Gasteiger partial charge is 0.351 e. The molecule has 4 heterocycles. The minimum atomic E-state index is -0.693. The van der Waals surface area contributed by atoms with Crippen molar-refractivity contribution >= 4 is 39.5 Å². The number of amides is 3. The van der Waals surface area contributed by atoms with Crippen molar-refractivity contribution in [3.8, 4) is 0 Å². The van der Waals surface area contributed by atoms with Gasteiger partial charge in [0.15, 0.2) is 0 Å². The number of aromatic nitrogens is 2. The maximum atomic E-state index is 13.8. The first-order valence-corrected chi connectivity index (χ1v) is 13.2. The normalized spacial score (nSPS) is 19.9. The second kappa shape index (κ2) is 8.75. The molecular formula is C30H33N5O3. The maximum absolute atomic E-state index is 13.8. The highest BCUT2D eigenvalue weighted by Crippen LogP contribution is 2.34. The lowest BCUT2D eigenvalue weighted by molar-refractivity contribution is -0.138. The summed E-state index contributed by atoms with van der Waals surface area (Å²) in [5.41, 5.74) is 3.49. The van der Waals surface area contributed by atoms with Crippen LogP contribution in [0.2, 0.25) is 0 Å². The van der Waals surface area contributed by atoms with Crippen LogP contribution in [-0.2, 0) is 4.79 Å². The third-order valence-electron chi connectivity index (χ3n) is 7.96. The Kier molecular flexibility index (Phi) is 5.59. The van der Waals surface area contributed by atoms with Crippen LogP contribution in [0.15, 0.2) is 54.6 Å². The highest BCUT2D eigenvalue weighted by molar-refractivity contribution is 6.01. The molecule has 8 nitrogen and oxygen atoms in total. The molecule has 0 aliphatic carbocycles. The van der Waals surface area contributed by atoms with Crippen molar-refractivity contribution in [2.45, 2.75) is 52.2 Å². The first-order chi connectivity index (χ1) is 18.1. The van der Waals surface area contributed by atoms with E-state index in [0.29, 0.717) is 24.5 Å². The standard InChI is InChI=1S/C30H33N5O3/c1-17-9-10-19-13-25(32-23(19)11-17)28(37)34-15-21-14-20(34)16-35(21)29(38)26(30(2,3)4)33-27(36)24-12-18-7-5-6-8-22(18)31-24/h5-13,20-21,26,31-32H,14-16H2,1-4H3,(H,33,36)/t20-,21-,26+/m0/s1. The van der Waals surface area contributed by atoms with Crippen LogP contribution < -0.4 is 5.32 Å². The number of aromatic amines is 2. The highest BCUT2D eigenvalue weighted by Gasteiger charge is 2.50. The fraction of sp³-hybridized carbons (Fsp3) is 0.367. The summed E-state index contributed by atoms with van der Waals surface area (Å²) >= 11 is 0. The number of carbonyl (C=O) groups excluding carboxylic acids is 3. The molecule has 196 valence electrons. The molecule has 2 aromatic heterocycles. The lowest BCUT2D eigenvalue weighted by Gasteiger charge is -2.39. The molecule has 0 radical (unpaired) electrons. The summed E-state index contributed by atoms with van der Waals surface area (Å²) in [6.45, 7) is 8.88. The van der Waals surface area contributed by atoms with Crippen LogP contribution in [0.25, 0.3) is 21.8 Å². The first kappa shape index (κ1) is 24.3. The molecule has 2 aliphatic heterocycles. The smallest absolute Gasteiger partial charge is 0.270 e. The van der Waals surface area contributed by atoms with Gasteiger partial charge >= 0.3 is 0 Å². The predicted molar refractivity (Wildman–Crippen MR) is 147 cm³/mol. The van der Waals surface area contributed by atoms with E-state index < -0.39 is 11.5 Å². The summed E-state index contributed by atoms with van der Waals surface area (Å²) in [5.74, 6) is -0.426. The van der Waals surface area contributed by atoms with E-state index in [9.17, 15) is 14.4 Å². The van der Waals surface area contributed by atoms with Gasteiger partial charge in [0.05, 0.1) is 12.1 Å². The number of carbonyl (C=O) groups is 3. The van der Waals surface area contributed by atoms with Crippen molar-refractivity contribution in [3.05, 3.63) is 71.5 Å². The van der Waals surface area contributed by atoms with E-state index in [4.69, 9.17) is 0 Å². The SMILES string of the molecule is Cc1ccc2cc(C(=O)N3C[C@@H]4C[C@H]3CN4C(=O)[C@@H](NC(=O)c3cc4ccccc4[nH]3)C(C)(C)C)[nH]c2c1. The molecule has 4 aromatic rings. The number of hydrogen-bond donors (Lipinski definition) is 3. The van der Waals surface area contributed by atoms with Crippen LogP contribution in [0.3, 0.4) is 0 Å². The number of piperazine rings is 1. The van der Waals surface area contributed by atoms with Gasteiger partial charge in [-0.2, -0.15) is 0 Å². The second-order valence-electron chi connectivity index (χ2n) is 11.8. The number of para-hydroxylation sites is 1. The number of rotatable bonds is 4. The summed E-state index contributed by atoms with van der Waals surface area (Å²) < 4.78 is 0. The summed E-state index contributed by atoms with van der Waals surface area (Å²) in [5, 5.41) is 4.96. The van der Waals surface area contributed by atoms with E-state index in [0.717, 1.165) is 33.8 Å². The molecule has 2 fully saturated rings. The number of nitrogens with zero attached hydrogens (tertiary/aromatic N) is 2. The fourth-order valence-corrected chi connectivity index (χ4v) is 5.92. The third-order valence-corrected chi connectivity index (χ3v) is 7.96. The molecule has 3 atom stereocenters. The van der Waals surface area contributed by atoms with E-state index >= 15 is 0 Å². The zero-order chi connectivity index (χ0) is 26.8. The number of benzene rings is 2. The molecule has 2 aliphatic rings. The number of aryl methyl sites for hydroxylation is 1.